The highest BCUT2D eigenvalue weighted by molar-refractivity contribution is 7.70. The lowest BCUT2D eigenvalue weighted by molar-refractivity contribution is -0.152. The highest BCUT2D eigenvalue weighted by Gasteiger charge is 2.55. The first kappa shape index (κ1) is 37.1. The summed E-state index contributed by atoms with van der Waals surface area (Å²) in [5.41, 5.74) is 7.37. The number of hydrogen-bond donors (Lipinski definition) is 5. The van der Waals surface area contributed by atoms with Crippen molar-refractivity contribution in [3.63, 3.8) is 0 Å². The van der Waals surface area contributed by atoms with Crippen molar-refractivity contribution in [3.05, 3.63) is 96.6 Å². The molecule has 0 aliphatic carbocycles. The summed E-state index contributed by atoms with van der Waals surface area (Å²) in [4.78, 5) is 52.8. The lowest BCUT2D eigenvalue weighted by Crippen LogP contribution is -2.31. The number of phosphoric acid groups is 3. The molecule has 4 heterocycles. The number of rotatable bonds is 13. The molecule has 0 spiro atoms. The van der Waals surface area contributed by atoms with Crippen molar-refractivity contribution in [3.8, 4) is 0 Å². The van der Waals surface area contributed by atoms with Crippen LogP contribution in [-0.4, -0.2) is 64.0 Å². The van der Waals surface area contributed by atoms with E-state index in [4.69, 9.17) is 24.5 Å². The molecule has 2 fully saturated rings. The molecule has 2 saturated heterocycles. The van der Waals surface area contributed by atoms with E-state index in [1.165, 1.54) is 41.5 Å². The number of anilines is 1. The van der Waals surface area contributed by atoms with Gasteiger partial charge < -0.3 is 39.5 Å². The van der Waals surface area contributed by atoms with Gasteiger partial charge in [-0.3, -0.25) is 13.7 Å². The maximum atomic E-state index is 12.8. The van der Waals surface area contributed by atoms with E-state index in [9.17, 15) is 37.8 Å². The highest BCUT2D eigenvalue weighted by atomic mass is 31.3. The van der Waals surface area contributed by atoms with Crippen molar-refractivity contribution in [2.45, 2.75) is 37.0 Å². The Morgan fingerprint density at radius 2 is 1.42 bits per heavy atom. The number of nitrogen functional groups attached to an aromatic ring is 1. The van der Waals surface area contributed by atoms with Crippen LogP contribution < -0.4 is 5.73 Å². The summed E-state index contributed by atoms with van der Waals surface area (Å²) in [6.07, 6.45) is -3.20. The number of phosphoric ester groups is 1. The molecule has 2 aliphatic heterocycles. The number of imidazole rings is 1. The van der Waals surface area contributed by atoms with E-state index in [-0.39, 0.29) is 22.5 Å². The summed E-state index contributed by atoms with van der Waals surface area (Å²) in [6.45, 7) is -0.820. The van der Waals surface area contributed by atoms with E-state index < -0.39 is 74.7 Å². The number of aromatic nitrogens is 4. The number of benzene rings is 3. The number of nitrogens with two attached hydrogens (primary N) is 1. The predicted molar refractivity (Wildman–Crippen MR) is 179 cm³/mol. The quantitative estimate of drug-likeness (QED) is 0.101. The molecule has 0 bridgehead atoms. The van der Waals surface area contributed by atoms with Crippen LogP contribution in [0.15, 0.2) is 85.5 Å². The Hall–Kier alpha value is -3.25. The highest BCUT2D eigenvalue weighted by Crippen LogP contribution is 2.71. The first-order valence-corrected chi connectivity index (χ1v) is 21.3. The van der Waals surface area contributed by atoms with Gasteiger partial charge >= 0.3 is 31.1 Å². The van der Waals surface area contributed by atoms with E-state index in [2.05, 4.69) is 27.9 Å². The summed E-state index contributed by atoms with van der Waals surface area (Å²) in [7, 11) is -22.4. The van der Waals surface area contributed by atoms with Gasteiger partial charge in [0.1, 0.15) is 30.2 Å². The second-order valence-corrected chi connectivity index (χ2v) is 18.1. The molecular weight excluding hydrogens is 770 g/mol. The van der Waals surface area contributed by atoms with E-state index in [1.807, 2.05) is 42.5 Å². The van der Waals surface area contributed by atoms with Crippen LogP contribution in [0.2, 0.25) is 0 Å². The maximum absolute atomic E-state index is 12.8. The van der Waals surface area contributed by atoms with Crippen LogP contribution >= 0.6 is 31.1 Å². The zero-order valence-corrected chi connectivity index (χ0v) is 29.9. The molecule has 276 valence electrons. The van der Waals surface area contributed by atoms with Crippen molar-refractivity contribution >= 4 is 58.8 Å². The third kappa shape index (κ3) is 8.27. The summed E-state index contributed by atoms with van der Waals surface area (Å²) < 4.78 is 87.7. The Labute approximate surface area is 293 Å². The average molecular weight is 799 g/mol. The predicted octanol–water partition coefficient (Wildman–Crippen LogP) is 4.70. The van der Waals surface area contributed by atoms with E-state index in [1.54, 1.807) is 6.07 Å². The molecule has 6 N–H and O–H groups in total. The van der Waals surface area contributed by atoms with E-state index in [0.717, 1.165) is 10.8 Å². The fraction of sp³-hybridized carbons (Fsp3) is 0.250. The molecule has 9 atom stereocenters. The first-order valence-electron chi connectivity index (χ1n) is 15.1. The maximum Gasteiger partial charge on any atom is 0.490 e. The number of nitrogens with zero attached hydrogens (tertiary/aromatic N) is 4. The van der Waals surface area contributed by atoms with Crippen LogP contribution in [0.5, 0.6) is 0 Å². The van der Waals surface area contributed by atoms with Gasteiger partial charge in [-0.15, -0.1) is 0 Å². The minimum absolute atomic E-state index is 0.0978. The third-order valence-corrected chi connectivity index (χ3v) is 14.2. The molecule has 6 unspecified atom stereocenters. The monoisotopic (exact) mass is 799 g/mol. The molecule has 5 aromatic rings. The van der Waals surface area contributed by atoms with Crippen LogP contribution in [-0.2, 0) is 56.1 Å². The Balaban J connectivity index is 1.06. The largest absolute Gasteiger partial charge is 0.490 e. The molecule has 7 rings (SSSR count). The second kappa shape index (κ2) is 14.2. The molecule has 0 amide bonds. The van der Waals surface area contributed by atoms with Gasteiger partial charge in [-0.1, -0.05) is 66.7 Å². The van der Waals surface area contributed by atoms with Crippen molar-refractivity contribution in [1.29, 1.82) is 0 Å². The normalized spacial score (nSPS) is 26.3. The van der Waals surface area contributed by atoms with Gasteiger partial charge in [-0.05, 0) is 22.4 Å². The molecule has 20 nitrogen and oxygen atoms in total. The van der Waals surface area contributed by atoms with Crippen LogP contribution in [0.4, 0.5) is 5.82 Å². The SMILES string of the molecule is Nc1ncnc2c1ncn2[C@@H]1O[C@H](COP(=O)(O)OP(=O)(O)OP(=O)(O)OP(=O)(O)Cc2ccccc2)C2OC(c3ccc4ccccc4c3)O[C@@H]21. The summed E-state index contributed by atoms with van der Waals surface area (Å²) in [6, 6.07) is 20.7. The molecule has 0 radical (unpaired) electrons. The van der Waals surface area contributed by atoms with Gasteiger partial charge in [0.25, 0.3) is 0 Å². The van der Waals surface area contributed by atoms with Crippen molar-refractivity contribution in [2.75, 3.05) is 12.3 Å². The Kier molecular flexibility index (Phi) is 10.1. The molecular formula is C28H29N5O15P4. The minimum atomic E-state index is -5.99. The van der Waals surface area contributed by atoms with E-state index in [0.29, 0.717) is 5.56 Å². The summed E-state index contributed by atoms with van der Waals surface area (Å²) in [5, 5.41) is 1.89. The molecule has 2 aliphatic rings. The number of fused-ring (bicyclic) bond motifs is 3. The van der Waals surface area contributed by atoms with Gasteiger partial charge in [0, 0.05) is 5.56 Å². The van der Waals surface area contributed by atoms with Crippen LogP contribution in [0.3, 0.4) is 0 Å². The van der Waals surface area contributed by atoms with Crippen LogP contribution in [0.1, 0.15) is 23.6 Å². The summed E-state index contributed by atoms with van der Waals surface area (Å²) in [5.74, 6) is 0.0978. The number of ether oxygens (including phenoxy) is 3. The molecule has 52 heavy (non-hydrogen) atoms. The fourth-order valence-electron chi connectivity index (χ4n) is 5.75. The van der Waals surface area contributed by atoms with Gasteiger partial charge in [-0.2, -0.15) is 8.62 Å². The smallest absolute Gasteiger partial charge is 0.382 e. The zero-order chi connectivity index (χ0) is 36.9. The van der Waals surface area contributed by atoms with Crippen LogP contribution in [0.25, 0.3) is 21.9 Å². The fourth-order valence-corrected chi connectivity index (χ4v) is 11.3. The molecule has 0 saturated carbocycles. The lowest BCUT2D eigenvalue weighted by Gasteiger charge is -2.23. The van der Waals surface area contributed by atoms with Crippen molar-refractivity contribution < 1.29 is 69.5 Å². The van der Waals surface area contributed by atoms with Gasteiger partial charge in [0.2, 0.25) is 0 Å². The minimum Gasteiger partial charge on any atom is -0.382 e. The zero-order valence-electron chi connectivity index (χ0n) is 26.3. The summed E-state index contributed by atoms with van der Waals surface area (Å²) >= 11 is 0. The Morgan fingerprint density at radius 1 is 0.750 bits per heavy atom. The molecule has 24 heteroatoms. The third-order valence-electron chi connectivity index (χ3n) is 7.82. The Bertz CT molecular complexity index is 2320. The van der Waals surface area contributed by atoms with Gasteiger partial charge in [0.05, 0.1) is 19.1 Å². The first-order chi connectivity index (χ1) is 24.6. The Morgan fingerprint density at radius 3 is 2.19 bits per heavy atom. The van der Waals surface area contributed by atoms with Crippen molar-refractivity contribution in [1.82, 2.24) is 19.5 Å². The standard InChI is InChI=1S/C28H29N5O15P4/c29-25-22-26(31-15-30-25)33(16-32-22)27-24-23(44-28(45-24)20-11-10-18-8-4-5-9-19(18)12-20)21(43-27)13-42-50(36,37)47-52(40,41)48-51(38,39)46-49(34,35)14-17-6-2-1-3-7-17/h1-12,15-16,21,23-24,27-28H,13-14H2,(H,34,35)(H,36,37)(H,38,39)(H,40,41)(H2,29,30,31)/t21-,23?,24+,27-,28?/m1/s1. The van der Waals surface area contributed by atoms with Crippen molar-refractivity contribution in [2.24, 2.45) is 0 Å². The number of hydrogen-bond acceptors (Lipinski definition) is 15. The average Bonchev–Trinajstić information content (AvgIpc) is 3.77. The lowest BCUT2D eigenvalue weighted by atomic mass is 10.1. The topological polar surface area (TPSA) is 283 Å². The van der Waals surface area contributed by atoms with Gasteiger partial charge in [0.15, 0.2) is 24.0 Å². The van der Waals surface area contributed by atoms with Gasteiger partial charge in [-0.25, -0.2) is 33.0 Å². The van der Waals surface area contributed by atoms with E-state index >= 15 is 0 Å². The molecule has 3 aromatic carbocycles. The second-order valence-electron chi connectivity index (χ2n) is 11.5. The van der Waals surface area contributed by atoms with Crippen LogP contribution in [0, 0.1) is 0 Å². The molecule has 2 aromatic heterocycles.